The maximum absolute atomic E-state index is 13.3. The average Bonchev–Trinajstić information content (AvgIpc) is 3.15. The second-order valence-electron chi connectivity index (χ2n) is 6.40. The number of carbonyl (C=O) groups excluding carboxylic acids is 1. The van der Waals surface area contributed by atoms with Gasteiger partial charge in [-0.3, -0.25) is 24.3 Å². The number of hydrogen-bond donors (Lipinski definition) is 1. The molecule has 0 saturated carbocycles. The van der Waals surface area contributed by atoms with Crippen LogP contribution in [-0.4, -0.2) is 30.4 Å². The van der Waals surface area contributed by atoms with Crippen LogP contribution in [0.4, 0.5) is 29.1 Å². The van der Waals surface area contributed by atoms with Crippen molar-refractivity contribution in [3.8, 4) is 0 Å². The van der Waals surface area contributed by atoms with Crippen molar-refractivity contribution in [1.29, 1.82) is 0 Å². The topological polar surface area (TPSA) is 108 Å². The first-order valence-electron chi connectivity index (χ1n) is 8.52. The molecule has 0 spiro atoms. The Bertz CT molecular complexity index is 1160. The molecule has 0 fully saturated rings. The maximum atomic E-state index is 13.3. The molecule has 0 saturated heterocycles. The zero-order valence-electron chi connectivity index (χ0n) is 15.7. The summed E-state index contributed by atoms with van der Waals surface area (Å²) in [6.45, 7) is 0.455. The molecule has 164 valence electrons. The van der Waals surface area contributed by atoms with Crippen molar-refractivity contribution in [2.45, 2.75) is 26.2 Å². The maximum Gasteiger partial charge on any atom is 0.442 e. The molecule has 3 aromatic rings. The van der Waals surface area contributed by atoms with Crippen LogP contribution in [0.5, 0.6) is 0 Å². The van der Waals surface area contributed by atoms with Crippen molar-refractivity contribution in [2.75, 3.05) is 5.32 Å². The van der Waals surface area contributed by atoms with Gasteiger partial charge in [0, 0.05) is 6.20 Å². The first kappa shape index (κ1) is 22.2. The molecule has 1 amide bonds. The Morgan fingerprint density at radius 3 is 2.61 bits per heavy atom. The smallest absolute Gasteiger partial charge is 0.306 e. The molecular formula is C17H13ClF4N6O3. The van der Waals surface area contributed by atoms with E-state index in [0.717, 1.165) is 6.92 Å². The summed E-state index contributed by atoms with van der Waals surface area (Å²) in [7, 11) is 0. The van der Waals surface area contributed by atoms with Crippen LogP contribution in [0.3, 0.4) is 0 Å². The normalized spacial score (nSPS) is 11.5. The second-order valence-corrected chi connectivity index (χ2v) is 6.80. The summed E-state index contributed by atoms with van der Waals surface area (Å²) in [6.07, 6.45) is -3.69. The van der Waals surface area contributed by atoms with E-state index in [1.54, 1.807) is 6.07 Å². The average molecular weight is 461 g/mol. The van der Waals surface area contributed by atoms with Gasteiger partial charge < -0.3 is 5.32 Å². The number of alkyl halides is 3. The van der Waals surface area contributed by atoms with E-state index in [-0.39, 0.29) is 17.4 Å². The molecule has 0 aliphatic rings. The highest BCUT2D eigenvalue weighted by atomic mass is 35.5. The van der Waals surface area contributed by atoms with Crippen LogP contribution in [0.25, 0.3) is 0 Å². The molecule has 0 aliphatic carbocycles. The SMILES string of the molecule is Cc1c([N+](=O)[O-])c(C(F)(F)F)nn1CC(=O)Nc1nn(Cc2cccc(F)c2)cc1Cl. The summed E-state index contributed by atoms with van der Waals surface area (Å²) in [5.41, 5.74) is -2.77. The molecule has 0 unspecified atom stereocenters. The van der Waals surface area contributed by atoms with Gasteiger partial charge in [0.1, 0.15) is 23.1 Å². The van der Waals surface area contributed by atoms with E-state index in [9.17, 15) is 32.5 Å². The number of benzene rings is 1. The van der Waals surface area contributed by atoms with Crippen LogP contribution in [0.15, 0.2) is 30.5 Å². The van der Waals surface area contributed by atoms with Gasteiger partial charge >= 0.3 is 11.9 Å². The summed E-state index contributed by atoms with van der Waals surface area (Å²) >= 11 is 6.02. The van der Waals surface area contributed by atoms with Crippen LogP contribution >= 0.6 is 11.6 Å². The number of aromatic nitrogens is 4. The van der Waals surface area contributed by atoms with Crippen molar-refractivity contribution < 1.29 is 27.3 Å². The van der Waals surface area contributed by atoms with Crippen molar-refractivity contribution in [2.24, 2.45) is 0 Å². The van der Waals surface area contributed by atoms with Crippen LogP contribution in [-0.2, 0) is 24.1 Å². The lowest BCUT2D eigenvalue weighted by atomic mass is 10.2. The molecule has 2 heterocycles. The van der Waals surface area contributed by atoms with E-state index in [2.05, 4.69) is 15.5 Å². The molecule has 31 heavy (non-hydrogen) atoms. The molecule has 1 aromatic carbocycles. The Balaban J connectivity index is 1.76. The third-order valence-electron chi connectivity index (χ3n) is 4.13. The van der Waals surface area contributed by atoms with Crippen molar-refractivity contribution >= 4 is 29.0 Å². The molecule has 0 atom stereocenters. The monoisotopic (exact) mass is 460 g/mol. The lowest BCUT2D eigenvalue weighted by Gasteiger charge is -2.05. The summed E-state index contributed by atoms with van der Waals surface area (Å²) in [5.74, 6) is -1.38. The molecule has 14 heteroatoms. The minimum atomic E-state index is -5.06. The fraction of sp³-hybridized carbons (Fsp3) is 0.235. The Morgan fingerprint density at radius 2 is 2.03 bits per heavy atom. The van der Waals surface area contributed by atoms with Crippen LogP contribution in [0.1, 0.15) is 17.0 Å². The number of rotatable bonds is 6. The van der Waals surface area contributed by atoms with Crippen LogP contribution < -0.4 is 5.32 Å². The van der Waals surface area contributed by atoms with Gasteiger partial charge in [-0.15, -0.1) is 0 Å². The summed E-state index contributed by atoms with van der Waals surface area (Å²) in [4.78, 5) is 22.1. The molecule has 0 radical (unpaired) electrons. The number of nitrogens with one attached hydrogen (secondary N) is 1. The zero-order chi connectivity index (χ0) is 22.9. The van der Waals surface area contributed by atoms with Crippen molar-refractivity contribution in [1.82, 2.24) is 19.6 Å². The highest BCUT2D eigenvalue weighted by Crippen LogP contribution is 2.36. The number of anilines is 1. The molecule has 1 N–H and O–H groups in total. The standard InChI is InChI=1S/C17H13ClF4N6O3/c1-9-14(28(30)31)15(17(20,21)22)24-27(9)8-13(29)23-16-12(18)7-26(25-16)6-10-3-2-4-11(19)5-10/h2-5,7H,6,8H2,1H3,(H,23,25,29). The van der Waals surface area contributed by atoms with Gasteiger partial charge in [-0.2, -0.15) is 23.4 Å². The Hall–Kier alpha value is -3.48. The lowest BCUT2D eigenvalue weighted by molar-refractivity contribution is -0.388. The Morgan fingerprint density at radius 1 is 1.32 bits per heavy atom. The molecule has 0 bridgehead atoms. The van der Waals surface area contributed by atoms with Gasteiger partial charge in [-0.25, -0.2) is 4.39 Å². The van der Waals surface area contributed by atoms with E-state index in [1.165, 1.54) is 29.1 Å². The van der Waals surface area contributed by atoms with Gasteiger partial charge in [0.15, 0.2) is 5.82 Å². The number of hydrogen-bond acceptors (Lipinski definition) is 5. The first-order chi connectivity index (χ1) is 14.5. The fourth-order valence-electron chi connectivity index (χ4n) is 2.79. The quantitative estimate of drug-likeness (QED) is 0.342. The predicted molar refractivity (Wildman–Crippen MR) is 100.0 cm³/mol. The third-order valence-corrected chi connectivity index (χ3v) is 4.40. The Kier molecular flexibility index (Phi) is 5.97. The second kappa shape index (κ2) is 8.34. The molecule has 3 rings (SSSR count). The summed E-state index contributed by atoms with van der Waals surface area (Å²) in [5, 5.41) is 20.6. The minimum absolute atomic E-state index is 0.0314. The van der Waals surface area contributed by atoms with E-state index in [1.807, 2.05) is 0 Å². The number of carbonyl (C=O) groups is 1. The lowest BCUT2D eigenvalue weighted by Crippen LogP contribution is -2.21. The Labute approximate surface area is 176 Å². The van der Waals surface area contributed by atoms with E-state index < -0.39 is 46.4 Å². The van der Waals surface area contributed by atoms with Gasteiger partial charge in [0.05, 0.1) is 11.5 Å². The highest BCUT2D eigenvalue weighted by molar-refractivity contribution is 6.33. The van der Waals surface area contributed by atoms with Gasteiger partial charge in [-0.05, 0) is 24.6 Å². The van der Waals surface area contributed by atoms with Gasteiger partial charge in [0.2, 0.25) is 11.6 Å². The van der Waals surface area contributed by atoms with Crippen molar-refractivity contribution in [3.63, 3.8) is 0 Å². The van der Waals surface area contributed by atoms with Crippen LogP contribution in [0.2, 0.25) is 5.02 Å². The van der Waals surface area contributed by atoms with E-state index in [0.29, 0.717) is 10.2 Å². The molecule has 2 aromatic heterocycles. The molecule has 9 nitrogen and oxygen atoms in total. The number of nitro groups is 1. The number of halogens is 5. The van der Waals surface area contributed by atoms with Crippen LogP contribution in [0, 0.1) is 22.9 Å². The summed E-state index contributed by atoms with van der Waals surface area (Å²) < 4.78 is 54.2. The predicted octanol–water partition coefficient (Wildman–Crippen LogP) is 3.79. The number of nitrogens with zero attached hydrogens (tertiary/aromatic N) is 5. The van der Waals surface area contributed by atoms with E-state index in [4.69, 9.17) is 11.6 Å². The van der Waals surface area contributed by atoms with Gasteiger partial charge in [0.25, 0.3) is 0 Å². The van der Waals surface area contributed by atoms with Crippen molar-refractivity contribution in [3.05, 3.63) is 68.4 Å². The number of amides is 1. The fourth-order valence-corrected chi connectivity index (χ4v) is 2.99. The molecule has 0 aliphatic heterocycles. The zero-order valence-corrected chi connectivity index (χ0v) is 16.4. The minimum Gasteiger partial charge on any atom is -0.306 e. The van der Waals surface area contributed by atoms with E-state index >= 15 is 0 Å². The highest BCUT2D eigenvalue weighted by Gasteiger charge is 2.44. The van der Waals surface area contributed by atoms with Gasteiger partial charge in [-0.1, -0.05) is 23.7 Å². The largest absolute Gasteiger partial charge is 0.442 e. The summed E-state index contributed by atoms with van der Waals surface area (Å²) in [6, 6.07) is 5.73. The first-order valence-corrected chi connectivity index (χ1v) is 8.89. The third kappa shape index (κ3) is 4.99. The molecular weight excluding hydrogens is 448 g/mol.